The van der Waals surface area contributed by atoms with Crippen LogP contribution in [-0.4, -0.2) is 22.1 Å². The van der Waals surface area contributed by atoms with Gasteiger partial charge in [-0.15, -0.1) is 0 Å². The van der Waals surface area contributed by atoms with Crippen LogP contribution in [0, 0.1) is 0 Å². The molecular weight excluding hydrogens is 232 g/mol. The van der Waals surface area contributed by atoms with E-state index in [4.69, 9.17) is 11.6 Å². The van der Waals surface area contributed by atoms with Gasteiger partial charge >= 0.3 is 0 Å². The van der Waals surface area contributed by atoms with Crippen molar-refractivity contribution < 1.29 is 5.11 Å². The van der Waals surface area contributed by atoms with Gasteiger partial charge in [0.1, 0.15) is 5.75 Å². The minimum atomic E-state index is 0.144. The summed E-state index contributed by atoms with van der Waals surface area (Å²) in [5.74, 6) is 1.13. The fraction of sp³-hybridized carbons (Fsp3) is 0.300. The van der Waals surface area contributed by atoms with Crippen molar-refractivity contribution in [2.24, 2.45) is 4.99 Å². The topological polar surface area (TPSA) is 44.6 Å². The highest BCUT2D eigenvalue weighted by atomic mass is 35.5. The van der Waals surface area contributed by atoms with Crippen molar-refractivity contribution in [1.82, 2.24) is 0 Å². The molecule has 0 bridgehead atoms. The Bertz CT molecular complexity index is 408. The summed E-state index contributed by atoms with van der Waals surface area (Å²) in [7, 11) is 0. The van der Waals surface area contributed by atoms with E-state index in [9.17, 15) is 5.11 Å². The Labute approximate surface area is 97.6 Å². The van der Waals surface area contributed by atoms with Gasteiger partial charge in [0.25, 0.3) is 0 Å². The SMILES string of the molecule is CC1CSC(Nc2ccc(Cl)cc2O)=N1. The number of anilines is 1. The van der Waals surface area contributed by atoms with Crippen LogP contribution in [-0.2, 0) is 0 Å². The van der Waals surface area contributed by atoms with Crippen LogP contribution in [0.25, 0.3) is 0 Å². The third kappa shape index (κ3) is 2.58. The number of thioether (sulfide) groups is 1. The van der Waals surface area contributed by atoms with E-state index in [0.29, 0.717) is 16.8 Å². The van der Waals surface area contributed by atoms with Crippen LogP contribution in [0.5, 0.6) is 5.75 Å². The maximum absolute atomic E-state index is 9.61. The lowest BCUT2D eigenvalue weighted by atomic mass is 10.3. The standard InChI is InChI=1S/C10H11ClN2OS/c1-6-5-15-10(12-6)13-8-3-2-7(11)4-9(8)14/h2-4,6,14H,5H2,1H3,(H,12,13). The minimum Gasteiger partial charge on any atom is -0.506 e. The van der Waals surface area contributed by atoms with E-state index >= 15 is 0 Å². The molecule has 0 radical (unpaired) electrons. The molecule has 0 saturated carbocycles. The summed E-state index contributed by atoms with van der Waals surface area (Å²) in [6.45, 7) is 2.06. The molecule has 1 aliphatic heterocycles. The van der Waals surface area contributed by atoms with Crippen LogP contribution < -0.4 is 5.32 Å². The minimum absolute atomic E-state index is 0.144. The highest BCUT2D eigenvalue weighted by Crippen LogP contribution is 2.28. The molecule has 0 saturated heterocycles. The molecule has 2 N–H and O–H groups in total. The van der Waals surface area contributed by atoms with Gasteiger partial charge < -0.3 is 10.4 Å². The number of nitrogens with zero attached hydrogens (tertiary/aromatic N) is 1. The fourth-order valence-corrected chi connectivity index (χ4v) is 2.34. The van der Waals surface area contributed by atoms with Crippen LogP contribution in [0.15, 0.2) is 23.2 Å². The number of halogens is 1. The number of benzene rings is 1. The molecule has 1 atom stereocenters. The molecule has 1 aromatic rings. The Balaban J connectivity index is 2.14. The number of phenolic OH excluding ortho intramolecular Hbond substituents is 1. The first-order valence-electron chi connectivity index (χ1n) is 4.61. The number of phenols is 1. The molecule has 15 heavy (non-hydrogen) atoms. The zero-order valence-electron chi connectivity index (χ0n) is 8.20. The Hall–Kier alpha value is -0.870. The third-order valence-corrected chi connectivity index (χ3v) is 3.37. The lowest BCUT2D eigenvalue weighted by molar-refractivity contribution is 0.478. The predicted octanol–water partition coefficient (Wildman–Crippen LogP) is 2.95. The zero-order valence-corrected chi connectivity index (χ0v) is 9.77. The summed E-state index contributed by atoms with van der Waals surface area (Å²) in [5, 5.41) is 14.0. The number of amidine groups is 1. The summed E-state index contributed by atoms with van der Waals surface area (Å²) >= 11 is 7.39. The van der Waals surface area contributed by atoms with E-state index in [-0.39, 0.29) is 5.75 Å². The first kappa shape index (κ1) is 10.6. The first-order chi connectivity index (χ1) is 7.15. The van der Waals surface area contributed by atoms with Gasteiger partial charge in [-0.25, -0.2) is 0 Å². The smallest absolute Gasteiger partial charge is 0.161 e. The highest BCUT2D eigenvalue weighted by molar-refractivity contribution is 8.14. The third-order valence-electron chi connectivity index (χ3n) is 2.00. The number of hydrogen-bond donors (Lipinski definition) is 2. The summed E-state index contributed by atoms with van der Waals surface area (Å²) in [5.41, 5.74) is 0.639. The second kappa shape index (κ2) is 4.33. The van der Waals surface area contributed by atoms with E-state index in [1.54, 1.807) is 23.9 Å². The molecule has 2 rings (SSSR count). The number of aliphatic imine (C=N–C) groups is 1. The van der Waals surface area contributed by atoms with Gasteiger partial charge in [0.2, 0.25) is 0 Å². The van der Waals surface area contributed by atoms with Crippen molar-refractivity contribution in [3.8, 4) is 5.75 Å². The summed E-state index contributed by atoms with van der Waals surface area (Å²) in [4.78, 5) is 4.37. The molecule has 0 aliphatic carbocycles. The molecule has 1 aliphatic rings. The van der Waals surface area contributed by atoms with Crippen molar-refractivity contribution >= 4 is 34.2 Å². The van der Waals surface area contributed by atoms with Gasteiger partial charge in [0.15, 0.2) is 5.17 Å². The normalized spacial score (nSPS) is 20.1. The monoisotopic (exact) mass is 242 g/mol. The molecule has 1 unspecified atom stereocenters. The zero-order chi connectivity index (χ0) is 10.8. The van der Waals surface area contributed by atoms with Crippen LogP contribution in [0.4, 0.5) is 5.69 Å². The number of aromatic hydroxyl groups is 1. The van der Waals surface area contributed by atoms with Crippen LogP contribution >= 0.6 is 23.4 Å². The second-order valence-corrected chi connectivity index (χ2v) is 4.83. The van der Waals surface area contributed by atoms with E-state index in [0.717, 1.165) is 10.9 Å². The summed E-state index contributed by atoms with van der Waals surface area (Å²) in [6.07, 6.45) is 0. The van der Waals surface area contributed by atoms with Crippen molar-refractivity contribution in [2.45, 2.75) is 13.0 Å². The molecule has 0 fully saturated rings. The molecule has 1 heterocycles. The lowest BCUT2D eigenvalue weighted by Crippen LogP contribution is -2.04. The van der Waals surface area contributed by atoms with Crippen LogP contribution in [0.3, 0.4) is 0 Å². The molecule has 0 aromatic heterocycles. The van der Waals surface area contributed by atoms with Gasteiger partial charge in [0.05, 0.1) is 11.7 Å². The largest absolute Gasteiger partial charge is 0.506 e. The van der Waals surface area contributed by atoms with Gasteiger partial charge in [-0.3, -0.25) is 4.99 Å². The summed E-state index contributed by atoms with van der Waals surface area (Å²) < 4.78 is 0. The Morgan fingerprint density at radius 3 is 3.00 bits per heavy atom. The van der Waals surface area contributed by atoms with E-state index in [1.807, 2.05) is 0 Å². The molecule has 0 spiro atoms. The highest BCUT2D eigenvalue weighted by Gasteiger charge is 2.14. The quantitative estimate of drug-likeness (QED) is 0.745. The summed E-state index contributed by atoms with van der Waals surface area (Å²) in [6, 6.07) is 5.32. The Kier molecular flexibility index (Phi) is 3.07. The fourth-order valence-electron chi connectivity index (χ4n) is 1.27. The average molecular weight is 243 g/mol. The maximum atomic E-state index is 9.61. The first-order valence-corrected chi connectivity index (χ1v) is 5.97. The molecule has 3 nitrogen and oxygen atoms in total. The second-order valence-electron chi connectivity index (χ2n) is 3.38. The van der Waals surface area contributed by atoms with E-state index in [2.05, 4.69) is 17.2 Å². The predicted molar refractivity (Wildman–Crippen MR) is 66.1 cm³/mol. The average Bonchev–Trinajstić information content (AvgIpc) is 2.56. The molecule has 1 aromatic carbocycles. The molecular formula is C10H11ClN2OS. The Morgan fingerprint density at radius 2 is 2.40 bits per heavy atom. The maximum Gasteiger partial charge on any atom is 0.161 e. The van der Waals surface area contributed by atoms with E-state index < -0.39 is 0 Å². The van der Waals surface area contributed by atoms with Crippen molar-refractivity contribution in [2.75, 3.05) is 11.1 Å². The van der Waals surface area contributed by atoms with Crippen molar-refractivity contribution in [3.63, 3.8) is 0 Å². The van der Waals surface area contributed by atoms with Gasteiger partial charge in [-0.05, 0) is 19.1 Å². The van der Waals surface area contributed by atoms with E-state index in [1.165, 1.54) is 6.07 Å². The molecule has 80 valence electrons. The number of rotatable bonds is 1. The van der Waals surface area contributed by atoms with Crippen molar-refractivity contribution in [3.05, 3.63) is 23.2 Å². The van der Waals surface area contributed by atoms with Crippen LogP contribution in [0.2, 0.25) is 5.02 Å². The lowest BCUT2D eigenvalue weighted by Gasteiger charge is -2.07. The van der Waals surface area contributed by atoms with Crippen LogP contribution in [0.1, 0.15) is 6.92 Å². The molecule has 5 heteroatoms. The number of hydrogen-bond acceptors (Lipinski definition) is 4. The van der Waals surface area contributed by atoms with Gasteiger partial charge in [-0.2, -0.15) is 0 Å². The van der Waals surface area contributed by atoms with Gasteiger partial charge in [0, 0.05) is 16.8 Å². The molecule has 0 amide bonds. The van der Waals surface area contributed by atoms with Crippen molar-refractivity contribution in [1.29, 1.82) is 0 Å². The Morgan fingerprint density at radius 1 is 1.60 bits per heavy atom. The number of nitrogens with one attached hydrogen (secondary N) is 1. The van der Waals surface area contributed by atoms with Gasteiger partial charge in [-0.1, -0.05) is 23.4 Å².